The van der Waals surface area contributed by atoms with Crippen molar-refractivity contribution in [2.75, 3.05) is 13.7 Å². The molecule has 0 radical (unpaired) electrons. The van der Waals surface area contributed by atoms with Gasteiger partial charge in [0.05, 0.1) is 13.7 Å². The van der Waals surface area contributed by atoms with Gasteiger partial charge in [0.15, 0.2) is 0 Å². The van der Waals surface area contributed by atoms with Crippen LogP contribution in [-0.4, -0.2) is 42.5 Å². The van der Waals surface area contributed by atoms with Crippen molar-refractivity contribution >= 4 is 11.8 Å². The first-order chi connectivity index (χ1) is 15.3. The van der Waals surface area contributed by atoms with Gasteiger partial charge in [0.1, 0.15) is 23.4 Å². The second kappa shape index (κ2) is 12.7. The number of nitrogens with one attached hydrogen (secondary N) is 1. The molecule has 174 valence electrons. The molecule has 0 saturated carbocycles. The lowest BCUT2D eigenvalue weighted by molar-refractivity contribution is -0.141. The number of methoxy groups -OCH3 is 1. The summed E-state index contributed by atoms with van der Waals surface area (Å²) >= 11 is 0. The zero-order valence-corrected chi connectivity index (χ0v) is 19.3. The lowest BCUT2D eigenvalue weighted by Crippen LogP contribution is -2.49. The summed E-state index contributed by atoms with van der Waals surface area (Å²) in [7, 11) is 1.60. The molecule has 0 heterocycles. The van der Waals surface area contributed by atoms with Crippen LogP contribution in [0.15, 0.2) is 48.5 Å². The third kappa shape index (κ3) is 7.87. The highest BCUT2D eigenvalue weighted by Crippen LogP contribution is 2.18. The van der Waals surface area contributed by atoms with Crippen molar-refractivity contribution in [2.24, 2.45) is 0 Å². The molecule has 0 bridgehead atoms. The van der Waals surface area contributed by atoms with Crippen LogP contribution in [0.3, 0.4) is 0 Å². The number of hydrogen-bond acceptors (Lipinski definition) is 4. The first-order valence-corrected chi connectivity index (χ1v) is 10.9. The van der Waals surface area contributed by atoms with Crippen LogP contribution in [0.25, 0.3) is 0 Å². The van der Waals surface area contributed by atoms with Gasteiger partial charge in [-0.1, -0.05) is 19.1 Å². The number of hydrogen-bond donors (Lipinski definition) is 1. The van der Waals surface area contributed by atoms with Gasteiger partial charge < -0.3 is 19.7 Å². The molecule has 32 heavy (non-hydrogen) atoms. The lowest BCUT2D eigenvalue weighted by Gasteiger charge is -2.29. The molecule has 0 aliphatic rings. The van der Waals surface area contributed by atoms with E-state index >= 15 is 0 Å². The van der Waals surface area contributed by atoms with Crippen LogP contribution >= 0.6 is 0 Å². The summed E-state index contributed by atoms with van der Waals surface area (Å²) < 4.78 is 24.1. The standard InChI is InChI=1S/C25H33FN2O4/c1-5-18(2)27-25(30)19(3)28(17-20-8-10-21(26)11-9-20)24(29)7-6-16-32-23-14-12-22(31-4)13-15-23/h8-15,18-19H,5-7,16-17H2,1-4H3,(H,27,30)/t18-,19-/m0/s1. The second-order valence-corrected chi connectivity index (χ2v) is 7.77. The number of benzene rings is 2. The van der Waals surface area contributed by atoms with E-state index in [2.05, 4.69) is 5.32 Å². The minimum atomic E-state index is -0.649. The Kier molecular flexibility index (Phi) is 9.98. The molecule has 2 aromatic rings. The molecule has 0 aliphatic heterocycles. The number of carbonyl (C=O) groups excluding carboxylic acids is 2. The van der Waals surface area contributed by atoms with Crippen LogP contribution in [0.5, 0.6) is 11.5 Å². The zero-order valence-electron chi connectivity index (χ0n) is 19.3. The van der Waals surface area contributed by atoms with Gasteiger partial charge in [-0.15, -0.1) is 0 Å². The smallest absolute Gasteiger partial charge is 0.242 e. The number of halogens is 1. The highest BCUT2D eigenvalue weighted by Gasteiger charge is 2.26. The van der Waals surface area contributed by atoms with Gasteiger partial charge in [-0.2, -0.15) is 0 Å². The second-order valence-electron chi connectivity index (χ2n) is 7.77. The van der Waals surface area contributed by atoms with Crippen molar-refractivity contribution in [3.8, 4) is 11.5 Å². The van der Waals surface area contributed by atoms with Crippen molar-refractivity contribution < 1.29 is 23.5 Å². The van der Waals surface area contributed by atoms with Gasteiger partial charge in [0.2, 0.25) is 11.8 Å². The van der Waals surface area contributed by atoms with E-state index in [4.69, 9.17) is 9.47 Å². The third-order valence-corrected chi connectivity index (χ3v) is 5.30. The Balaban J connectivity index is 1.98. The maximum Gasteiger partial charge on any atom is 0.242 e. The molecular formula is C25H33FN2O4. The molecular weight excluding hydrogens is 411 g/mol. The Morgan fingerprint density at radius 3 is 2.25 bits per heavy atom. The molecule has 6 nitrogen and oxygen atoms in total. The first kappa shape index (κ1) is 25.2. The first-order valence-electron chi connectivity index (χ1n) is 10.9. The van der Waals surface area contributed by atoms with Crippen molar-refractivity contribution in [1.82, 2.24) is 10.2 Å². The molecule has 0 spiro atoms. The van der Waals surface area contributed by atoms with Crippen LogP contribution in [0.2, 0.25) is 0 Å². The summed E-state index contributed by atoms with van der Waals surface area (Å²) in [5, 5.41) is 2.93. The van der Waals surface area contributed by atoms with Crippen molar-refractivity contribution in [1.29, 1.82) is 0 Å². The summed E-state index contributed by atoms with van der Waals surface area (Å²) in [6.45, 7) is 6.23. The summed E-state index contributed by atoms with van der Waals surface area (Å²) in [6, 6.07) is 12.6. The van der Waals surface area contributed by atoms with E-state index in [0.717, 1.165) is 17.7 Å². The van der Waals surface area contributed by atoms with E-state index in [9.17, 15) is 14.0 Å². The maximum absolute atomic E-state index is 13.3. The highest BCUT2D eigenvalue weighted by atomic mass is 19.1. The van der Waals surface area contributed by atoms with Crippen molar-refractivity contribution in [3.05, 3.63) is 59.9 Å². The Labute approximate surface area is 189 Å². The Morgan fingerprint density at radius 2 is 1.66 bits per heavy atom. The van der Waals surface area contributed by atoms with Crippen LogP contribution in [0.1, 0.15) is 45.6 Å². The van der Waals surface area contributed by atoms with E-state index in [-0.39, 0.29) is 36.6 Å². The van der Waals surface area contributed by atoms with Crippen molar-refractivity contribution in [2.45, 2.75) is 58.7 Å². The quantitative estimate of drug-likeness (QED) is 0.495. The molecule has 7 heteroatoms. The van der Waals surface area contributed by atoms with Crippen LogP contribution < -0.4 is 14.8 Å². The molecule has 0 saturated heterocycles. The van der Waals surface area contributed by atoms with Gasteiger partial charge >= 0.3 is 0 Å². The monoisotopic (exact) mass is 444 g/mol. The van der Waals surface area contributed by atoms with Gasteiger partial charge in [0.25, 0.3) is 0 Å². The van der Waals surface area contributed by atoms with E-state index in [0.29, 0.717) is 18.8 Å². The molecule has 2 atom stereocenters. The molecule has 0 unspecified atom stereocenters. The number of rotatable bonds is 12. The Morgan fingerprint density at radius 1 is 1.03 bits per heavy atom. The fourth-order valence-corrected chi connectivity index (χ4v) is 3.06. The minimum Gasteiger partial charge on any atom is -0.497 e. The zero-order chi connectivity index (χ0) is 23.5. The molecule has 1 N–H and O–H groups in total. The summed E-state index contributed by atoms with van der Waals surface area (Å²) in [5.41, 5.74) is 0.762. The van der Waals surface area contributed by atoms with E-state index in [1.54, 1.807) is 31.1 Å². The van der Waals surface area contributed by atoms with Crippen molar-refractivity contribution in [3.63, 3.8) is 0 Å². The summed E-state index contributed by atoms with van der Waals surface area (Å²) in [6.07, 6.45) is 1.54. The topological polar surface area (TPSA) is 67.9 Å². The molecule has 2 amide bonds. The van der Waals surface area contributed by atoms with E-state index < -0.39 is 6.04 Å². The van der Waals surface area contributed by atoms with Crippen LogP contribution in [-0.2, 0) is 16.1 Å². The largest absolute Gasteiger partial charge is 0.497 e. The number of amides is 2. The third-order valence-electron chi connectivity index (χ3n) is 5.30. The molecule has 2 rings (SSSR count). The van der Waals surface area contributed by atoms with E-state index in [1.165, 1.54) is 12.1 Å². The molecule has 0 aliphatic carbocycles. The number of nitrogens with zero attached hydrogens (tertiary/aromatic N) is 1. The SMILES string of the molecule is CC[C@H](C)NC(=O)[C@H](C)N(Cc1ccc(F)cc1)C(=O)CCCOc1ccc(OC)cc1. The Bertz CT molecular complexity index is 855. The van der Waals surface area contributed by atoms with Crippen LogP contribution in [0.4, 0.5) is 4.39 Å². The minimum absolute atomic E-state index is 0.0191. The fourth-order valence-electron chi connectivity index (χ4n) is 3.06. The van der Waals surface area contributed by atoms with Gasteiger partial charge in [-0.3, -0.25) is 9.59 Å². The molecule has 0 fully saturated rings. The van der Waals surface area contributed by atoms with Gasteiger partial charge in [-0.25, -0.2) is 4.39 Å². The fraction of sp³-hybridized carbons (Fsp3) is 0.440. The maximum atomic E-state index is 13.3. The van der Waals surface area contributed by atoms with Gasteiger partial charge in [0, 0.05) is 19.0 Å². The molecule has 0 aromatic heterocycles. The van der Waals surface area contributed by atoms with Gasteiger partial charge in [-0.05, 0) is 68.7 Å². The Hall–Kier alpha value is -3.09. The number of ether oxygens (including phenoxy) is 2. The van der Waals surface area contributed by atoms with Crippen LogP contribution in [0, 0.1) is 5.82 Å². The molecule has 2 aromatic carbocycles. The average Bonchev–Trinajstić information content (AvgIpc) is 2.81. The lowest BCUT2D eigenvalue weighted by atomic mass is 10.1. The number of carbonyl (C=O) groups is 2. The average molecular weight is 445 g/mol. The normalized spacial score (nSPS) is 12.5. The van der Waals surface area contributed by atoms with E-state index in [1.807, 2.05) is 38.1 Å². The summed E-state index contributed by atoms with van der Waals surface area (Å²) in [4.78, 5) is 27.2. The predicted octanol–water partition coefficient (Wildman–Crippen LogP) is 4.33. The predicted molar refractivity (Wildman–Crippen MR) is 122 cm³/mol. The summed E-state index contributed by atoms with van der Waals surface area (Å²) in [5.74, 6) is 0.741. The highest BCUT2D eigenvalue weighted by molar-refractivity contribution is 5.87.